The van der Waals surface area contributed by atoms with Crippen molar-refractivity contribution in [3.63, 3.8) is 0 Å². The molecule has 3 nitrogen and oxygen atoms in total. The summed E-state index contributed by atoms with van der Waals surface area (Å²) in [5.74, 6) is -0.994. The first kappa shape index (κ1) is 16.8. The van der Waals surface area contributed by atoms with Crippen LogP contribution >= 0.6 is 50.7 Å². The third-order valence-corrected chi connectivity index (χ3v) is 6.06. The number of hydrogen-bond donors (Lipinski definition) is 1. The molecule has 0 heterocycles. The summed E-state index contributed by atoms with van der Waals surface area (Å²) in [6.07, 6.45) is 0. The van der Waals surface area contributed by atoms with Gasteiger partial charge >= 0.3 is 0 Å². The van der Waals surface area contributed by atoms with E-state index < -0.39 is 25.8 Å². The van der Waals surface area contributed by atoms with Crippen molar-refractivity contribution in [2.24, 2.45) is 0 Å². The average molecular weight is 434 g/mol. The van der Waals surface area contributed by atoms with Gasteiger partial charge < -0.3 is 0 Å². The molecule has 1 N–H and O–H groups in total. The van der Waals surface area contributed by atoms with E-state index in [1.807, 2.05) is 0 Å². The molecule has 0 spiro atoms. The molecule has 2 aromatic carbocycles. The first-order chi connectivity index (χ1) is 9.74. The Kier molecular flexibility index (Phi) is 5.05. The molecule has 9 heteroatoms. The highest BCUT2D eigenvalue weighted by atomic mass is 79.9. The number of anilines is 1. The molecular formula is C12H6BrCl3FNO2S. The lowest BCUT2D eigenvalue weighted by Crippen LogP contribution is -2.14. The first-order valence-electron chi connectivity index (χ1n) is 5.34. The average Bonchev–Trinajstić information content (AvgIpc) is 2.41. The summed E-state index contributed by atoms with van der Waals surface area (Å²) in [4.78, 5) is -0.419. The van der Waals surface area contributed by atoms with E-state index in [0.717, 1.165) is 12.1 Å². The lowest BCUT2D eigenvalue weighted by Gasteiger charge is -2.12. The van der Waals surface area contributed by atoms with Crippen LogP contribution in [0.1, 0.15) is 0 Å². The molecule has 2 aromatic rings. The van der Waals surface area contributed by atoms with Crippen molar-refractivity contribution in [1.82, 2.24) is 0 Å². The Morgan fingerprint density at radius 1 is 1.05 bits per heavy atom. The zero-order valence-corrected chi connectivity index (χ0v) is 14.7. The van der Waals surface area contributed by atoms with Crippen LogP contribution in [0.4, 0.5) is 10.1 Å². The summed E-state index contributed by atoms with van der Waals surface area (Å²) in [5.41, 5.74) is 0.203. The molecule has 0 aliphatic carbocycles. The molecule has 112 valence electrons. The Hall–Kier alpha value is -0.530. The molecule has 0 saturated carbocycles. The molecule has 0 fully saturated rings. The second kappa shape index (κ2) is 6.30. The van der Waals surface area contributed by atoms with Crippen LogP contribution in [-0.4, -0.2) is 8.42 Å². The van der Waals surface area contributed by atoms with Gasteiger partial charge in [0.15, 0.2) is 5.82 Å². The van der Waals surface area contributed by atoms with E-state index in [0.29, 0.717) is 9.50 Å². The van der Waals surface area contributed by atoms with E-state index in [1.54, 1.807) is 12.1 Å². The zero-order chi connectivity index (χ0) is 15.8. The van der Waals surface area contributed by atoms with Crippen molar-refractivity contribution >= 4 is 66.4 Å². The highest BCUT2D eigenvalue weighted by Crippen LogP contribution is 2.34. The van der Waals surface area contributed by atoms with Gasteiger partial charge in [0.2, 0.25) is 0 Å². The van der Waals surface area contributed by atoms with Crippen molar-refractivity contribution in [3.05, 3.63) is 55.7 Å². The summed E-state index contributed by atoms with van der Waals surface area (Å²) in [6, 6.07) is 6.87. The maximum atomic E-state index is 13.6. The van der Waals surface area contributed by atoms with Crippen molar-refractivity contribution in [2.75, 3.05) is 4.72 Å². The van der Waals surface area contributed by atoms with Crippen LogP contribution in [0.5, 0.6) is 0 Å². The summed E-state index contributed by atoms with van der Waals surface area (Å²) in [7, 11) is -4.09. The van der Waals surface area contributed by atoms with Crippen LogP contribution in [0.25, 0.3) is 0 Å². The second-order valence-electron chi connectivity index (χ2n) is 3.88. The predicted molar refractivity (Wildman–Crippen MR) is 86.4 cm³/mol. The highest BCUT2D eigenvalue weighted by Gasteiger charge is 2.23. The van der Waals surface area contributed by atoms with Crippen LogP contribution in [0.3, 0.4) is 0 Å². The quantitative estimate of drug-likeness (QED) is 0.664. The minimum absolute atomic E-state index is 0.203. The lowest BCUT2D eigenvalue weighted by atomic mass is 10.3. The van der Waals surface area contributed by atoms with Gasteiger partial charge in [-0.15, -0.1) is 0 Å². The van der Waals surface area contributed by atoms with Crippen LogP contribution in [0, 0.1) is 5.82 Å². The van der Waals surface area contributed by atoms with Gasteiger partial charge in [-0.25, -0.2) is 12.8 Å². The van der Waals surface area contributed by atoms with E-state index in [4.69, 9.17) is 34.8 Å². The minimum Gasteiger partial charge on any atom is -0.278 e. The van der Waals surface area contributed by atoms with Gasteiger partial charge in [0, 0.05) is 0 Å². The molecule has 0 aromatic heterocycles. The number of rotatable bonds is 3. The normalized spacial score (nSPS) is 11.5. The van der Waals surface area contributed by atoms with Crippen molar-refractivity contribution < 1.29 is 12.8 Å². The molecule has 0 aliphatic heterocycles. The first-order valence-corrected chi connectivity index (χ1v) is 8.75. The van der Waals surface area contributed by atoms with E-state index in [1.165, 1.54) is 6.07 Å². The van der Waals surface area contributed by atoms with Gasteiger partial charge in [0.1, 0.15) is 4.90 Å². The van der Waals surface area contributed by atoms with Crippen molar-refractivity contribution in [3.8, 4) is 0 Å². The Morgan fingerprint density at radius 3 is 2.38 bits per heavy atom. The van der Waals surface area contributed by atoms with Gasteiger partial charge in [0.25, 0.3) is 10.0 Å². The predicted octanol–water partition coefficient (Wildman–Crippen LogP) is 5.35. The Balaban J connectivity index is 2.49. The van der Waals surface area contributed by atoms with E-state index in [2.05, 4.69) is 20.7 Å². The molecule has 0 radical (unpaired) electrons. The van der Waals surface area contributed by atoms with Gasteiger partial charge in [-0.05, 0) is 40.2 Å². The largest absolute Gasteiger partial charge is 0.278 e. The summed E-state index contributed by atoms with van der Waals surface area (Å²) in [5, 5.41) is -0.514. The third-order valence-electron chi connectivity index (χ3n) is 2.49. The molecule has 0 amide bonds. The lowest BCUT2D eigenvalue weighted by molar-refractivity contribution is 0.595. The molecule has 0 bridgehead atoms. The van der Waals surface area contributed by atoms with Gasteiger partial charge in [-0.1, -0.05) is 40.9 Å². The van der Waals surface area contributed by atoms with E-state index >= 15 is 0 Å². The SMILES string of the molecule is O=S(=O)(Nc1cccc(Cl)c1Br)c1ccc(Cl)c(F)c1Cl. The maximum absolute atomic E-state index is 13.6. The number of hydrogen-bond acceptors (Lipinski definition) is 2. The van der Waals surface area contributed by atoms with Crippen molar-refractivity contribution in [1.29, 1.82) is 0 Å². The molecule has 0 atom stereocenters. The van der Waals surface area contributed by atoms with Crippen LogP contribution in [0.2, 0.25) is 15.1 Å². The number of benzene rings is 2. The van der Waals surface area contributed by atoms with Gasteiger partial charge in [-0.3, -0.25) is 4.72 Å². The van der Waals surface area contributed by atoms with Crippen LogP contribution in [0.15, 0.2) is 39.7 Å². The van der Waals surface area contributed by atoms with Crippen LogP contribution in [-0.2, 0) is 10.0 Å². The fourth-order valence-electron chi connectivity index (χ4n) is 1.50. The zero-order valence-electron chi connectivity index (χ0n) is 10.0. The number of halogens is 5. The van der Waals surface area contributed by atoms with Crippen molar-refractivity contribution in [2.45, 2.75) is 4.90 Å². The molecular weight excluding hydrogens is 427 g/mol. The van der Waals surface area contributed by atoms with Crippen LogP contribution < -0.4 is 4.72 Å². The monoisotopic (exact) mass is 431 g/mol. The fraction of sp³-hybridized carbons (Fsp3) is 0. The van der Waals surface area contributed by atoms with E-state index in [9.17, 15) is 12.8 Å². The Labute approximate surface area is 144 Å². The molecule has 0 aliphatic rings. The topological polar surface area (TPSA) is 46.2 Å². The third kappa shape index (κ3) is 3.46. The fourth-order valence-corrected chi connectivity index (χ4v) is 3.98. The smallest absolute Gasteiger partial charge is 0.263 e. The maximum Gasteiger partial charge on any atom is 0.263 e. The van der Waals surface area contributed by atoms with Gasteiger partial charge in [0.05, 0.1) is 25.2 Å². The Morgan fingerprint density at radius 2 is 1.71 bits per heavy atom. The molecule has 21 heavy (non-hydrogen) atoms. The summed E-state index contributed by atoms with van der Waals surface area (Å²) >= 11 is 20.3. The molecule has 2 rings (SSSR count). The number of nitrogens with one attached hydrogen (secondary N) is 1. The second-order valence-corrected chi connectivity index (χ2v) is 7.52. The summed E-state index contributed by atoms with van der Waals surface area (Å²) in [6.45, 7) is 0. The van der Waals surface area contributed by atoms with E-state index in [-0.39, 0.29) is 10.7 Å². The van der Waals surface area contributed by atoms with Gasteiger partial charge in [-0.2, -0.15) is 0 Å². The summed E-state index contributed by atoms with van der Waals surface area (Å²) < 4.78 is 40.8. The standard InChI is InChI=1S/C12H6BrCl3FNO2S/c13-10-6(14)2-1-3-8(10)18-21(19,20)9-5-4-7(15)12(17)11(9)16/h1-5,18H. The Bertz CT molecular complexity index is 814. The molecule has 0 unspecified atom stereocenters. The minimum atomic E-state index is -4.09. The highest BCUT2D eigenvalue weighted by molar-refractivity contribution is 9.10. The number of sulfonamides is 1. The molecule has 0 saturated heterocycles.